The highest BCUT2D eigenvalue weighted by Crippen LogP contribution is 2.34. The number of esters is 1. The summed E-state index contributed by atoms with van der Waals surface area (Å²) in [6, 6.07) is 5.85. The summed E-state index contributed by atoms with van der Waals surface area (Å²) in [7, 11) is 2.66. The Hall–Kier alpha value is -3.42. The minimum absolute atomic E-state index is 0.104. The SMILES string of the molecule is COc1cc(C(=O)OCC(=O)c2cc(C)c(C)cc2C)c([N+](=O)[O-])cc1OC. The van der Waals surface area contributed by atoms with Gasteiger partial charge >= 0.3 is 5.97 Å². The van der Waals surface area contributed by atoms with Gasteiger partial charge in [-0.3, -0.25) is 14.9 Å². The first-order valence-electron chi connectivity index (χ1n) is 8.38. The van der Waals surface area contributed by atoms with Crippen LogP contribution in [0.4, 0.5) is 5.69 Å². The number of nitro groups is 1. The number of Topliss-reactive ketones (excluding diaryl/α,β-unsaturated/α-hetero) is 1. The van der Waals surface area contributed by atoms with Gasteiger partial charge in [0.2, 0.25) is 5.78 Å². The highest BCUT2D eigenvalue weighted by molar-refractivity contribution is 6.01. The molecule has 8 nitrogen and oxygen atoms in total. The van der Waals surface area contributed by atoms with Gasteiger partial charge in [0.15, 0.2) is 18.1 Å². The van der Waals surface area contributed by atoms with E-state index >= 15 is 0 Å². The van der Waals surface area contributed by atoms with Crippen molar-refractivity contribution in [1.29, 1.82) is 0 Å². The van der Waals surface area contributed by atoms with Crippen molar-refractivity contribution in [2.45, 2.75) is 20.8 Å². The minimum atomic E-state index is -0.998. The number of carbonyl (C=O) groups excluding carboxylic acids is 2. The zero-order chi connectivity index (χ0) is 21.0. The smallest absolute Gasteiger partial charge is 0.345 e. The summed E-state index contributed by atoms with van der Waals surface area (Å²) in [5, 5.41) is 11.3. The second kappa shape index (κ2) is 8.51. The molecule has 0 N–H and O–H groups in total. The lowest BCUT2D eigenvalue weighted by Gasteiger charge is -2.11. The highest BCUT2D eigenvalue weighted by Gasteiger charge is 2.26. The number of carbonyl (C=O) groups is 2. The maximum absolute atomic E-state index is 12.5. The number of aryl methyl sites for hydroxylation is 3. The van der Waals surface area contributed by atoms with Crippen LogP contribution in [-0.4, -0.2) is 37.5 Å². The van der Waals surface area contributed by atoms with E-state index in [2.05, 4.69) is 0 Å². The van der Waals surface area contributed by atoms with E-state index in [-0.39, 0.29) is 17.1 Å². The van der Waals surface area contributed by atoms with Crippen molar-refractivity contribution < 1.29 is 28.7 Å². The van der Waals surface area contributed by atoms with Crippen molar-refractivity contribution in [1.82, 2.24) is 0 Å². The maximum Gasteiger partial charge on any atom is 0.345 e. The van der Waals surface area contributed by atoms with Crippen LogP contribution in [0, 0.1) is 30.9 Å². The summed E-state index contributed by atoms with van der Waals surface area (Å²) in [5.41, 5.74) is 2.37. The standard InChI is InChI=1S/C20H21NO7/c1-11-6-13(3)14(7-12(11)2)17(22)10-28-20(23)15-8-18(26-4)19(27-5)9-16(15)21(24)25/h6-9H,10H2,1-5H3. The predicted molar refractivity (Wildman–Crippen MR) is 101 cm³/mol. The normalized spacial score (nSPS) is 10.3. The Bertz CT molecular complexity index is 950. The lowest BCUT2D eigenvalue weighted by atomic mass is 9.98. The van der Waals surface area contributed by atoms with Crippen LogP contribution in [0.1, 0.15) is 37.4 Å². The van der Waals surface area contributed by atoms with Crippen LogP contribution in [0.3, 0.4) is 0 Å². The third-order valence-corrected chi connectivity index (χ3v) is 4.39. The number of methoxy groups -OCH3 is 2. The van der Waals surface area contributed by atoms with Crippen LogP contribution in [0.15, 0.2) is 24.3 Å². The Morgan fingerprint density at radius 1 is 0.893 bits per heavy atom. The molecule has 0 aliphatic carbocycles. The van der Waals surface area contributed by atoms with Crippen LogP contribution in [0.2, 0.25) is 0 Å². The predicted octanol–water partition coefficient (Wildman–Crippen LogP) is 3.58. The molecule has 0 unspecified atom stereocenters. The molecule has 0 amide bonds. The molecule has 0 spiro atoms. The maximum atomic E-state index is 12.5. The minimum Gasteiger partial charge on any atom is -0.493 e. The Morgan fingerprint density at radius 2 is 1.46 bits per heavy atom. The molecule has 8 heteroatoms. The van der Waals surface area contributed by atoms with Crippen LogP contribution < -0.4 is 9.47 Å². The van der Waals surface area contributed by atoms with Gasteiger partial charge in [-0.05, 0) is 43.5 Å². The first kappa shape index (κ1) is 20.9. The van der Waals surface area contributed by atoms with E-state index in [1.807, 2.05) is 19.9 Å². The van der Waals surface area contributed by atoms with Gasteiger partial charge in [0.25, 0.3) is 5.69 Å². The highest BCUT2D eigenvalue weighted by atomic mass is 16.6. The summed E-state index contributed by atoms with van der Waals surface area (Å²) < 4.78 is 15.1. The summed E-state index contributed by atoms with van der Waals surface area (Å²) in [4.78, 5) is 35.4. The zero-order valence-electron chi connectivity index (χ0n) is 16.3. The Kier molecular flexibility index (Phi) is 6.35. The molecular weight excluding hydrogens is 366 g/mol. The van der Waals surface area contributed by atoms with E-state index < -0.39 is 29.0 Å². The molecule has 0 aliphatic heterocycles. The van der Waals surface area contributed by atoms with Crippen LogP contribution in [0.5, 0.6) is 11.5 Å². The van der Waals surface area contributed by atoms with Crippen molar-refractivity contribution in [3.63, 3.8) is 0 Å². The number of hydrogen-bond donors (Lipinski definition) is 0. The van der Waals surface area contributed by atoms with Gasteiger partial charge in [0, 0.05) is 11.6 Å². The number of hydrogen-bond acceptors (Lipinski definition) is 7. The van der Waals surface area contributed by atoms with Gasteiger partial charge < -0.3 is 14.2 Å². The molecule has 0 aliphatic rings. The molecule has 0 aromatic heterocycles. The number of rotatable bonds is 7. The monoisotopic (exact) mass is 387 g/mol. The Balaban J connectivity index is 2.27. The van der Waals surface area contributed by atoms with Crippen LogP contribution in [0.25, 0.3) is 0 Å². The van der Waals surface area contributed by atoms with Gasteiger partial charge in [0.05, 0.1) is 25.2 Å². The summed E-state index contributed by atoms with van der Waals surface area (Å²) in [5.74, 6) is -1.15. The first-order valence-corrected chi connectivity index (χ1v) is 8.38. The van der Waals surface area contributed by atoms with Crippen molar-refractivity contribution >= 4 is 17.4 Å². The van der Waals surface area contributed by atoms with E-state index in [0.717, 1.165) is 28.8 Å². The number of ether oxygens (including phenoxy) is 3. The lowest BCUT2D eigenvalue weighted by molar-refractivity contribution is -0.385. The third-order valence-electron chi connectivity index (χ3n) is 4.39. The number of nitro benzene ring substituents is 1. The number of benzene rings is 2. The lowest BCUT2D eigenvalue weighted by Crippen LogP contribution is -2.16. The Labute approximate surface area is 162 Å². The van der Waals surface area contributed by atoms with E-state index in [9.17, 15) is 19.7 Å². The summed E-state index contributed by atoms with van der Waals surface area (Å²) >= 11 is 0. The average Bonchev–Trinajstić information content (AvgIpc) is 2.67. The summed E-state index contributed by atoms with van der Waals surface area (Å²) in [6.45, 7) is 5.08. The van der Waals surface area contributed by atoms with Crippen molar-refractivity contribution in [3.8, 4) is 11.5 Å². The molecule has 0 bridgehead atoms. The fourth-order valence-electron chi connectivity index (χ4n) is 2.73. The van der Waals surface area contributed by atoms with Crippen molar-refractivity contribution in [2.75, 3.05) is 20.8 Å². The molecule has 2 aromatic carbocycles. The zero-order valence-corrected chi connectivity index (χ0v) is 16.3. The third kappa shape index (κ3) is 4.28. The van der Waals surface area contributed by atoms with Crippen molar-refractivity contribution in [2.24, 2.45) is 0 Å². The van der Waals surface area contributed by atoms with Gasteiger partial charge in [-0.2, -0.15) is 0 Å². The van der Waals surface area contributed by atoms with Crippen LogP contribution >= 0.6 is 0 Å². The molecule has 0 saturated heterocycles. The molecule has 0 saturated carbocycles. The van der Waals surface area contributed by atoms with Crippen LogP contribution in [-0.2, 0) is 4.74 Å². The number of nitrogens with zero attached hydrogens (tertiary/aromatic N) is 1. The van der Waals surface area contributed by atoms with Gasteiger partial charge in [-0.25, -0.2) is 4.79 Å². The fourth-order valence-corrected chi connectivity index (χ4v) is 2.73. The molecule has 0 fully saturated rings. The second-order valence-electron chi connectivity index (χ2n) is 6.23. The van der Waals surface area contributed by atoms with Crippen molar-refractivity contribution in [3.05, 3.63) is 62.2 Å². The molecule has 28 heavy (non-hydrogen) atoms. The molecular formula is C20H21NO7. The average molecular weight is 387 g/mol. The largest absolute Gasteiger partial charge is 0.493 e. The topological polar surface area (TPSA) is 105 Å². The molecule has 2 aromatic rings. The first-order chi connectivity index (χ1) is 13.2. The van der Waals surface area contributed by atoms with Gasteiger partial charge in [-0.15, -0.1) is 0 Å². The second-order valence-corrected chi connectivity index (χ2v) is 6.23. The van der Waals surface area contributed by atoms with E-state index in [0.29, 0.717) is 5.56 Å². The van der Waals surface area contributed by atoms with Gasteiger partial charge in [0.1, 0.15) is 5.56 Å². The van der Waals surface area contributed by atoms with E-state index in [4.69, 9.17) is 14.2 Å². The quantitative estimate of drug-likeness (QED) is 0.309. The molecule has 0 atom stereocenters. The molecule has 2 rings (SSSR count). The molecule has 0 heterocycles. The van der Waals surface area contributed by atoms with Gasteiger partial charge in [-0.1, -0.05) is 6.07 Å². The van der Waals surface area contributed by atoms with E-state index in [1.165, 1.54) is 14.2 Å². The van der Waals surface area contributed by atoms with E-state index in [1.54, 1.807) is 13.0 Å². The fraction of sp³-hybridized carbons (Fsp3) is 0.300. The number of ketones is 1. The Morgan fingerprint density at radius 3 is 2.04 bits per heavy atom. The molecule has 148 valence electrons. The molecule has 0 radical (unpaired) electrons. The summed E-state index contributed by atoms with van der Waals surface area (Å²) in [6.07, 6.45) is 0.